The van der Waals surface area contributed by atoms with Crippen molar-refractivity contribution in [2.75, 3.05) is 37.7 Å². The Morgan fingerprint density at radius 2 is 1.74 bits per heavy atom. The molecule has 1 aromatic carbocycles. The molecule has 0 spiro atoms. The third-order valence-electron chi connectivity index (χ3n) is 5.31. The first kappa shape index (κ1) is 25.6. The van der Waals surface area contributed by atoms with Crippen LogP contribution in [0.15, 0.2) is 36.4 Å². The van der Waals surface area contributed by atoms with Gasteiger partial charge < -0.3 is 19.3 Å². The summed E-state index contributed by atoms with van der Waals surface area (Å²) in [6.07, 6.45) is -4.71. The minimum absolute atomic E-state index is 0.0210. The van der Waals surface area contributed by atoms with E-state index in [4.69, 9.17) is 14.5 Å². The molecule has 6 nitrogen and oxygen atoms in total. The minimum Gasteiger partial charge on any atom is -0.484 e. The molecule has 1 aromatic heterocycles. The zero-order valence-electron chi connectivity index (χ0n) is 20.3. The largest absolute Gasteiger partial charge is 0.484 e. The average molecular weight is 480 g/mol. The number of pyridine rings is 1. The first-order chi connectivity index (χ1) is 15.8. The summed E-state index contributed by atoms with van der Waals surface area (Å²) in [7, 11) is 0. The third kappa shape index (κ3) is 7.01. The Balaban J connectivity index is 1.73. The van der Waals surface area contributed by atoms with Crippen LogP contribution in [0.2, 0.25) is 0 Å². The highest BCUT2D eigenvalue weighted by Gasteiger charge is 2.29. The van der Waals surface area contributed by atoms with Crippen LogP contribution >= 0.6 is 0 Å². The van der Waals surface area contributed by atoms with E-state index in [2.05, 4.69) is 4.90 Å². The molecular weight excluding hydrogens is 447 g/mol. The Bertz CT molecular complexity index is 995. The maximum absolute atomic E-state index is 12.6. The lowest BCUT2D eigenvalue weighted by atomic mass is 9.98. The van der Waals surface area contributed by atoms with Gasteiger partial charge in [0.2, 0.25) is 0 Å². The number of benzene rings is 1. The molecule has 2 heterocycles. The molecule has 0 unspecified atom stereocenters. The first-order valence-electron chi connectivity index (χ1n) is 11.4. The van der Waals surface area contributed by atoms with Crippen molar-refractivity contribution >= 4 is 11.9 Å². The fourth-order valence-electron chi connectivity index (χ4n) is 3.65. The molecule has 0 N–H and O–H groups in total. The molecular formula is C25H32F3N3O3. The quantitative estimate of drug-likeness (QED) is 0.537. The molecule has 0 atom stereocenters. The number of ether oxygens (including phenoxy) is 2. The van der Waals surface area contributed by atoms with Crippen LogP contribution in [-0.4, -0.2) is 60.5 Å². The van der Waals surface area contributed by atoms with Gasteiger partial charge in [0.05, 0.1) is 5.69 Å². The van der Waals surface area contributed by atoms with Gasteiger partial charge in [0, 0.05) is 31.7 Å². The minimum atomic E-state index is -4.39. The van der Waals surface area contributed by atoms with Crippen LogP contribution in [0.3, 0.4) is 0 Å². The smallest absolute Gasteiger partial charge is 0.422 e. The number of nitrogens with zero attached hydrogens (tertiary/aromatic N) is 3. The Labute approximate surface area is 198 Å². The van der Waals surface area contributed by atoms with Crippen molar-refractivity contribution in [2.24, 2.45) is 0 Å². The van der Waals surface area contributed by atoms with Gasteiger partial charge in [-0.25, -0.2) is 9.78 Å². The number of carbonyl (C=O) groups is 1. The Kier molecular flexibility index (Phi) is 7.63. The van der Waals surface area contributed by atoms with E-state index in [1.807, 2.05) is 58.9 Å². The maximum atomic E-state index is 12.6. The summed E-state index contributed by atoms with van der Waals surface area (Å²) in [6, 6.07) is 10.8. The molecule has 0 aliphatic carbocycles. The summed E-state index contributed by atoms with van der Waals surface area (Å²) in [5.74, 6) is 0.989. The Morgan fingerprint density at radius 1 is 1.06 bits per heavy atom. The van der Waals surface area contributed by atoms with Gasteiger partial charge in [0.1, 0.15) is 17.2 Å². The van der Waals surface area contributed by atoms with E-state index in [0.717, 1.165) is 17.1 Å². The topological polar surface area (TPSA) is 54.9 Å². The predicted molar refractivity (Wildman–Crippen MR) is 125 cm³/mol. The molecule has 1 saturated heterocycles. The van der Waals surface area contributed by atoms with Gasteiger partial charge in [-0.15, -0.1) is 0 Å². The normalized spacial score (nSPS) is 15.0. The predicted octanol–water partition coefficient (Wildman–Crippen LogP) is 5.87. The van der Waals surface area contributed by atoms with E-state index in [9.17, 15) is 18.0 Å². The molecule has 9 heteroatoms. The second kappa shape index (κ2) is 10.1. The first-order valence-corrected chi connectivity index (χ1v) is 11.4. The van der Waals surface area contributed by atoms with E-state index < -0.39 is 18.4 Å². The molecule has 3 rings (SSSR count). The van der Waals surface area contributed by atoms with Crippen LogP contribution in [0.4, 0.5) is 23.8 Å². The Morgan fingerprint density at radius 3 is 2.32 bits per heavy atom. The molecule has 0 radical (unpaired) electrons. The van der Waals surface area contributed by atoms with E-state index in [0.29, 0.717) is 31.7 Å². The number of carbonyl (C=O) groups excluding carboxylic acids is 1. The van der Waals surface area contributed by atoms with E-state index >= 15 is 0 Å². The monoisotopic (exact) mass is 479 g/mol. The molecule has 1 aliphatic heterocycles. The second-order valence-corrected chi connectivity index (χ2v) is 9.65. The van der Waals surface area contributed by atoms with Gasteiger partial charge in [-0.1, -0.05) is 19.9 Å². The van der Waals surface area contributed by atoms with Crippen molar-refractivity contribution < 1.29 is 27.4 Å². The highest BCUT2D eigenvalue weighted by Crippen LogP contribution is 2.33. The molecule has 0 bridgehead atoms. The van der Waals surface area contributed by atoms with Crippen molar-refractivity contribution in [3.8, 4) is 17.0 Å². The van der Waals surface area contributed by atoms with E-state index in [-0.39, 0.29) is 17.8 Å². The summed E-state index contributed by atoms with van der Waals surface area (Å²) >= 11 is 0. The van der Waals surface area contributed by atoms with Crippen LogP contribution < -0.4 is 9.64 Å². The maximum Gasteiger partial charge on any atom is 0.422 e. The summed E-state index contributed by atoms with van der Waals surface area (Å²) in [5, 5.41) is 0. The van der Waals surface area contributed by atoms with Crippen LogP contribution in [-0.2, 0) is 4.74 Å². The van der Waals surface area contributed by atoms with Crippen LogP contribution in [0.5, 0.6) is 5.75 Å². The van der Waals surface area contributed by atoms with Gasteiger partial charge in [-0.05, 0) is 62.6 Å². The number of hydrogen-bond donors (Lipinski definition) is 0. The number of rotatable bonds is 5. The van der Waals surface area contributed by atoms with Gasteiger partial charge >= 0.3 is 12.3 Å². The number of aromatic nitrogens is 1. The summed E-state index contributed by atoms with van der Waals surface area (Å²) in [4.78, 5) is 20.9. The van der Waals surface area contributed by atoms with Crippen molar-refractivity contribution in [1.29, 1.82) is 0 Å². The SMILES string of the molecule is CC(C)c1cc(-c2cccc(N3CCN(C(=O)OC(C)(C)C)CC3)n2)ccc1OCC(F)(F)F. The van der Waals surface area contributed by atoms with Gasteiger partial charge in [0.15, 0.2) is 6.61 Å². The van der Waals surface area contributed by atoms with Gasteiger partial charge in [0.25, 0.3) is 0 Å². The van der Waals surface area contributed by atoms with Gasteiger partial charge in [-0.3, -0.25) is 0 Å². The second-order valence-electron chi connectivity index (χ2n) is 9.65. The number of amides is 1. The lowest BCUT2D eigenvalue weighted by molar-refractivity contribution is -0.153. The van der Waals surface area contributed by atoms with Crippen LogP contribution in [0.25, 0.3) is 11.3 Å². The molecule has 1 fully saturated rings. The fourth-order valence-corrected chi connectivity index (χ4v) is 3.65. The van der Waals surface area contributed by atoms with Crippen molar-refractivity contribution in [3.05, 3.63) is 42.0 Å². The highest BCUT2D eigenvalue weighted by molar-refractivity contribution is 5.69. The standard InChI is InChI=1S/C25H32F3N3O3/c1-17(2)19-15-18(9-10-21(19)33-16-25(26,27)28)20-7-6-8-22(29-20)30-11-13-31(14-12-30)23(32)34-24(3,4)5/h6-10,15,17H,11-14,16H2,1-5H3. The number of hydrogen-bond acceptors (Lipinski definition) is 5. The third-order valence-corrected chi connectivity index (χ3v) is 5.31. The molecule has 186 valence electrons. The molecule has 2 aromatic rings. The van der Waals surface area contributed by atoms with Crippen molar-refractivity contribution in [3.63, 3.8) is 0 Å². The number of alkyl halides is 3. The fraction of sp³-hybridized carbons (Fsp3) is 0.520. The highest BCUT2D eigenvalue weighted by atomic mass is 19.4. The zero-order chi connectivity index (χ0) is 25.1. The van der Waals surface area contributed by atoms with Crippen LogP contribution in [0.1, 0.15) is 46.1 Å². The van der Waals surface area contributed by atoms with Gasteiger partial charge in [-0.2, -0.15) is 13.2 Å². The van der Waals surface area contributed by atoms with Crippen molar-refractivity contribution in [1.82, 2.24) is 9.88 Å². The number of halogens is 3. The summed E-state index contributed by atoms with van der Waals surface area (Å²) < 4.78 is 48.3. The average Bonchev–Trinajstić information content (AvgIpc) is 2.76. The summed E-state index contributed by atoms with van der Waals surface area (Å²) in [5.41, 5.74) is 1.68. The number of piperazine rings is 1. The Hall–Kier alpha value is -2.97. The van der Waals surface area contributed by atoms with Crippen LogP contribution in [0, 0.1) is 0 Å². The molecule has 1 aliphatic rings. The molecule has 0 saturated carbocycles. The van der Waals surface area contributed by atoms with E-state index in [1.54, 1.807) is 17.0 Å². The lowest BCUT2D eigenvalue weighted by Crippen LogP contribution is -2.50. The van der Waals surface area contributed by atoms with E-state index in [1.165, 1.54) is 0 Å². The lowest BCUT2D eigenvalue weighted by Gasteiger charge is -2.36. The van der Waals surface area contributed by atoms with Crippen molar-refractivity contribution in [2.45, 2.75) is 52.3 Å². The zero-order valence-corrected chi connectivity index (χ0v) is 20.3. The molecule has 34 heavy (non-hydrogen) atoms. The summed E-state index contributed by atoms with van der Waals surface area (Å²) in [6.45, 7) is 10.3. The molecule has 1 amide bonds. The number of anilines is 1.